The van der Waals surface area contributed by atoms with Crippen LogP contribution < -0.4 is 11.1 Å². The summed E-state index contributed by atoms with van der Waals surface area (Å²) in [5, 5.41) is 13.1. The lowest BCUT2D eigenvalue weighted by Gasteiger charge is -2.13. The van der Waals surface area contributed by atoms with Gasteiger partial charge in [0, 0.05) is 10.6 Å². The van der Waals surface area contributed by atoms with Gasteiger partial charge in [0.2, 0.25) is 0 Å². The third-order valence-corrected chi connectivity index (χ3v) is 6.38. The van der Waals surface area contributed by atoms with Gasteiger partial charge in [-0.15, -0.1) is 21.5 Å². The minimum atomic E-state index is -4.76. The van der Waals surface area contributed by atoms with Crippen LogP contribution in [0.1, 0.15) is 36.4 Å². The van der Waals surface area contributed by atoms with Crippen molar-refractivity contribution < 1.29 is 22.8 Å². The van der Waals surface area contributed by atoms with Crippen LogP contribution in [0, 0.1) is 6.92 Å². The topological polar surface area (TPSA) is 129 Å². The van der Waals surface area contributed by atoms with Crippen LogP contribution in [0.3, 0.4) is 0 Å². The van der Waals surface area contributed by atoms with Gasteiger partial charge in [-0.1, -0.05) is 41.4 Å². The van der Waals surface area contributed by atoms with Gasteiger partial charge in [0.25, 0.3) is 17.6 Å². The zero-order chi connectivity index (χ0) is 26.2. The monoisotopic (exact) mass is 555 g/mol. The lowest BCUT2D eigenvalue weighted by Crippen LogP contribution is -2.19. The Morgan fingerprint density at radius 1 is 1.19 bits per heavy atom. The number of carbonyl (C=O) groups is 2. The fourth-order valence-corrected chi connectivity index (χ4v) is 4.69. The zero-order valence-corrected chi connectivity index (χ0v) is 20.4. The molecule has 2 amide bonds. The summed E-state index contributed by atoms with van der Waals surface area (Å²) >= 11 is 13.2. The van der Waals surface area contributed by atoms with Crippen LogP contribution in [-0.4, -0.2) is 37.0 Å². The molecule has 0 aliphatic heterocycles. The third kappa shape index (κ3) is 5.32. The molecule has 15 heteroatoms. The van der Waals surface area contributed by atoms with Crippen LogP contribution in [0.2, 0.25) is 10.0 Å². The second-order valence-corrected chi connectivity index (χ2v) is 9.30. The number of carbonyl (C=O) groups excluding carboxylic acids is 2. The average Bonchev–Trinajstić information content (AvgIpc) is 3.43. The average molecular weight is 556 g/mol. The summed E-state index contributed by atoms with van der Waals surface area (Å²) in [5.74, 6) is -2.85. The van der Waals surface area contributed by atoms with Crippen LogP contribution in [0.15, 0.2) is 36.4 Å². The van der Waals surface area contributed by atoms with Crippen molar-refractivity contribution in [3.05, 3.63) is 73.3 Å². The molecule has 0 radical (unpaired) electrons. The Morgan fingerprint density at radius 2 is 1.92 bits per heavy atom. The number of rotatable bonds is 6. The number of amides is 2. The van der Waals surface area contributed by atoms with Crippen LogP contribution in [0.25, 0.3) is 11.3 Å². The number of hydrogen-bond donors (Lipinski definition) is 2. The van der Waals surface area contributed by atoms with Gasteiger partial charge in [-0.3, -0.25) is 9.59 Å². The molecule has 0 saturated heterocycles. The molecule has 9 nitrogen and oxygen atoms in total. The number of halogens is 5. The van der Waals surface area contributed by atoms with Crippen molar-refractivity contribution in [3.63, 3.8) is 0 Å². The van der Waals surface area contributed by atoms with Crippen molar-refractivity contribution >= 4 is 52.0 Å². The van der Waals surface area contributed by atoms with Crippen LogP contribution in [0.5, 0.6) is 0 Å². The van der Waals surface area contributed by atoms with Crippen molar-refractivity contribution in [1.82, 2.24) is 25.2 Å². The Bertz CT molecular complexity index is 1490. The van der Waals surface area contributed by atoms with E-state index in [0.29, 0.717) is 20.9 Å². The lowest BCUT2D eigenvalue weighted by molar-refractivity contribution is -0.145. The maximum Gasteiger partial charge on any atom is 0.455 e. The van der Waals surface area contributed by atoms with Crippen LogP contribution in [0.4, 0.5) is 18.9 Å². The Hall–Kier alpha value is -3.55. The zero-order valence-electron chi connectivity index (χ0n) is 18.1. The lowest BCUT2D eigenvalue weighted by atomic mass is 10.1. The van der Waals surface area contributed by atoms with E-state index >= 15 is 0 Å². The highest BCUT2D eigenvalue weighted by Crippen LogP contribution is 2.35. The number of aryl methyl sites for hydroxylation is 1. The smallest absolute Gasteiger partial charge is 0.366 e. The number of benzene rings is 2. The van der Waals surface area contributed by atoms with Gasteiger partial charge in [-0.2, -0.15) is 18.0 Å². The Labute approximate surface area is 215 Å². The Balaban J connectivity index is 1.75. The van der Waals surface area contributed by atoms with Gasteiger partial charge in [0.15, 0.2) is 0 Å². The van der Waals surface area contributed by atoms with Crippen molar-refractivity contribution in [3.8, 4) is 11.3 Å². The van der Waals surface area contributed by atoms with Gasteiger partial charge in [-0.25, -0.2) is 4.98 Å². The first-order valence-corrected chi connectivity index (χ1v) is 11.5. The van der Waals surface area contributed by atoms with Crippen molar-refractivity contribution in [2.75, 3.05) is 5.32 Å². The number of nitrogens with zero attached hydrogens (tertiary/aromatic N) is 5. The predicted octanol–water partition coefficient (Wildman–Crippen LogP) is 4.83. The Morgan fingerprint density at radius 3 is 2.56 bits per heavy atom. The van der Waals surface area contributed by atoms with Crippen molar-refractivity contribution in [2.45, 2.75) is 19.6 Å². The fraction of sp³-hybridized carbons (Fsp3) is 0.143. The number of primary amides is 1. The number of alkyl halides is 3. The maximum absolute atomic E-state index is 13.4. The van der Waals surface area contributed by atoms with E-state index in [0.717, 1.165) is 11.3 Å². The highest BCUT2D eigenvalue weighted by Gasteiger charge is 2.37. The molecule has 0 spiro atoms. The molecule has 2 heterocycles. The summed E-state index contributed by atoms with van der Waals surface area (Å²) in [6.07, 6.45) is -4.76. The fourth-order valence-electron chi connectivity index (χ4n) is 3.24. The summed E-state index contributed by atoms with van der Waals surface area (Å²) in [5.41, 5.74) is 6.69. The van der Waals surface area contributed by atoms with Crippen molar-refractivity contribution in [1.29, 1.82) is 0 Å². The molecule has 0 atom stereocenters. The summed E-state index contributed by atoms with van der Waals surface area (Å²) in [6.45, 7) is 1.35. The SMILES string of the molecule is Cc1cc(Cl)cc(C(N)=O)c1NC(=O)c1sc(Cn2nnc(C(F)(F)F)n2)nc1-c1ccccc1Cl. The maximum atomic E-state index is 13.4. The van der Waals surface area contributed by atoms with Gasteiger partial charge in [0.05, 0.1) is 22.0 Å². The third-order valence-electron chi connectivity index (χ3n) is 4.79. The first-order valence-electron chi connectivity index (χ1n) is 9.95. The van der Waals surface area contributed by atoms with Gasteiger partial charge in [0.1, 0.15) is 16.4 Å². The first-order chi connectivity index (χ1) is 16.9. The molecule has 4 rings (SSSR count). The molecule has 2 aromatic carbocycles. The normalized spacial score (nSPS) is 11.5. The van der Waals surface area contributed by atoms with Gasteiger partial charge in [-0.05, 0) is 35.9 Å². The van der Waals surface area contributed by atoms with E-state index in [1.807, 2.05) is 0 Å². The minimum Gasteiger partial charge on any atom is -0.366 e. The summed E-state index contributed by atoms with van der Waals surface area (Å²) in [6, 6.07) is 9.48. The second kappa shape index (κ2) is 9.84. The van der Waals surface area contributed by atoms with E-state index < -0.39 is 23.8 Å². The summed E-state index contributed by atoms with van der Waals surface area (Å²) in [7, 11) is 0. The van der Waals surface area contributed by atoms with Crippen LogP contribution in [-0.2, 0) is 12.7 Å². The van der Waals surface area contributed by atoms with E-state index in [4.69, 9.17) is 28.9 Å². The van der Waals surface area contributed by atoms with Gasteiger partial charge >= 0.3 is 6.18 Å². The number of hydrogen-bond acceptors (Lipinski definition) is 7. The largest absolute Gasteiger partial charge is 0.455 e. The quantitative estimate of drug-likeness (QED) is 0.350. The molecule has 0 aliphatic rings. The second-order valence-electron chi connectivity index (χ2n) is 7.37. The summed E-state index contributed by atoms with van der Waals surface area (Å²) in [4.78, 5) is 30.5. The Kier molecular flexibility index (Phi) is 6.98. The minimum absolute atomic E-state index is 0.00359. The molecular formula is C21H14Cl2F3N7O2S. The molecule has 3 N–H and O–H groups in total. The number of aromatic nitrogens is 5. The number of nitrogens with one attached hydrogen (secondary N) is 1. The van der Waals surface area contributed by atoms with E-state index in [1.54, 1.807) is 37.3 Å². The molecule has 36 heavy (non-hydrogen) atoms. The number of tetrazole rings is 1. The molecule has 0 saturated carbocycles. The number of nitrogens with two attached hydrogens (primary N) is 1. The van der Waals surface area contributed by atoms with Crippen LogP contribution >= 0.6 is 34.5 Å². The first kappa shape index (κ1) is 25.5. The summed E-state index contributed by atoms with van der Waals surface area (Å²) < 4.78 is 38.5. The standard InChI is InChI=1S/C21H14Cl2F3N7O2S/c1-9-6-10(22)7-12(18(27)34)15(9)29-19(35)17-16(11-4-2-3-5-13(11)23)28-14(36-17)8-33-31-20(30-32-33)21(24,25)26/h2-7H,8H2,1H3,(H2,27,34)(H,29,35). The highest BCUT2D eigenvalue weighted by atomic mass is 35.5. The highest BCUT2D eigenvalue weighted by molar-refractivity contribution is 7.14. The number of anilines is 1. The predicted molar refractivity (Wildman–Crippen MR) is 127 cm³/mol. The molecule has 4 aromatic rings. The molecule has 2 aromatic heterocycles. The van der Waals surface area contributed by atoms with E-state index in [1.165, 1.54) is 6.07 Å². The van der Waals surface area contributed by atoms with Gasteiger partial charge < -0.3 is 11.1 Å². The molecule has 186 valence electrons. The molecule has 0 fully saturated rings. The molecule has 0 aliphatic carbocycles. The molecule has 0 unspecified atom stereocenters. The van der Waals surface area contributed by atoms with Crippen molar-refractivity contribution in [2.24, 2.45) is 5.73 Å². The molecule has 0 bridgehead atoms. The van der Waals surface area contributed by atoms with E-state index in [9.17, 15) is 22.8 Å². The van der Waals surface area contributed by atoms with E-state index in [2.05, 4.69) is 25.7 Å². The molecular weight excluding hydrogens is 542 g/mol. The number of thiazole rings is 1. The van der Waals surface area contributed by atoms with E-state index in [-0.39, 0.29) is 38.4 Å².